The SMILES string of the molecule is COc1c2c(c(C(C)C)c(C=O)c1-c1ccc(F)cc1)CC(C)(C)O2. The Morgan fingerprint density at radius 1 is 1.24 bits per heavy atom. The minimum Gasteiger partial charge on any atom is -0.492 e. The minimum absolute atomic E-state index is 0.150. The molecule has 1 aliphatic rings. The monoisotopic (exact) mass is 342 g/mol. The molecule has 0 radical (unpaired) electrons. The predicted octanol–water partition coefficient (Wildman–Crippen LogP) is 5.15. The first-order chi connectivity index (χ1) is 11.8. The van der Waals surface area contributed by atoms with Crippen molar-refractivity contribution >= 4 is 6.29 Å². The summed E-state index contributed by atoms with van der Waals surface area (Å²) in [6, 6.07) is 6.10. The smallest absolute Gasteiger partial charge is 0.169 e. The summed E-state index contributed by atoms with van der Waals surface area (Å²) in [5, 5.41) is 0. The second-order valence-electron chi connectivity index (χ2n) is 7.36. The molecule has 0 N–H and O–H groups in total. The van der Waals surface area contributed by atoms with E-state index in [1.807, 2.05) is 13.8 Å². The first kappa shape index (κ1) is 17.5. The average molecular weight is 342 g/mol. The lowest BCUT2D eigenvalue weighted by atomic mass is 9.84. The highest BCUT2D eigenvalue weighted by Gasteiger charge is 2.38. The number of halogens is 1. The molecule has 1 aliphatic heterocycles. The Balaban J connectivity index is 2.40. The van der Waals surface area contributed by atoms with E-state index in [-0.39, 0.29) is 17.3 Å². The van der Waals surface area contributed by atoms with Crippen LogP contribution < -0.4 is 9.47 Å². The maximum atomic E-state index is 13.4. The summed E-state index contributed by atoms with van der Waals surface area (Å²) >= 11 is 0. The number of carbonyl (C=O) groups excluding carboxylic acids is 1. The molecule has 3 rings (SSSR count). The standard InChI is InChI=1S/C21H23FO3/c1-12(2)17-15-10-21(3,4)25-19(15)20(24-5)18(16(17)11-23)13-6-8-14(22)9-7-13/h6-9,11-12H,10H2,1-5H3. The van der Waals surface area contributed by atoms with Gasteiger partial charge in [-0.2, -0.15) is 0 Å². The van der Waals surface area contributed by atoms with Crippen molar-refractivity contribution in [3.05, 3.63) is 46.8 Å². The molecule has 2 aromatic rings. The topological polar surface area (TPSA) is 35.5 Å². The van der Waals surface area contributed by atoms with Gasteiger partial charge in [0, 0.05) is 23.1 Å². The molecule has 0 fully saturated rings. The third-order valence-electron chi connectivity index (χ3n) is 4.61. The fourth-order valence-corrected chi connectivity index (χ4v) is 3.69. The van der Waals surface area contributed by atoms with Gasteiger partial charge in [0.2, 0.25) is 0 Å². The summed E-state index contributed by atoms with van der Waals surface area (Å²) in [5.41, 5.74) is 3.65. The van der Waals surface area contributed by atoms with Crippen LogP contribution in [-0.4, -0.2) is 19.0 Å². The van der Waals surface area contributed by atoms with Crippen molar-refractivity contribution in [3.8, 4) is 22.6 Å². The Morgan fingerprint density at radius 2 is 1.88 bits per heavy atom. The van der Waals surface area contributed by atoms with Gasteiger partial charge in [0.25, 0.3) is 0 Å². The summed E-state index contributed by atoms with van der Waals surface area (Å²) in [5.74, 6) is 1.06. The minimum atomic E-state index is -0.360. The molecule has 0 saturated carbocycles. The number of benzene rings is 2. The predicted molar refractivity (Wildman–Crippen MR) is 96.3 cm³/mol. The Kier molecular flexibility index (Phi) is 4.31. The van der Waals surface area contributed by atoms with E-state index < -0.39 is 0 Å². The second-order valence-corrected chi connectivity index (χ2v) is 7.36. The van der Waals surface area contributed by atoms with Crippen molar-refractivity contribution in [1.82, 2.24) is 0 Å². The summed E-state index contributed by atoms with van der Waals surface area (Å²) in [6.07, 6.45) is 1.60. The number of ether oxygens (including phenoxy) is 2. The highest BCUT2D eigenvalue weighted by Crippen LogP contribution is 2.52. The van der Waals surface area contributed by atoms with Crippen LogP contribution in [0.4, 0.5) is 4.39 Å². The molecule has 1 heterocycles. The molecule has 25 heavy (non-hydrogen) atoms. The molecule has 2 aromatic carbocycles. The van der Waals surface area contributed by atoms with Gasteiger partial charge in [-0.15, -0.1) is 0 Å². The van der Waals surface area contributed by atoms with E-state index in [0.29, 0.717) is 22.6 Å². The van der Waals surface area contributed by atoms with Crippen LogP contribution in [0, 0.1) is 5.82 Å². The molecule has 0 atom stereocenters. The van der Waals surface area contributed by atoms with Crippen LogP contribution in [-0.2, 0) is 6.42 Å². The molecule has 0 saturated heterocycles. The average Bonchev–Trinajstić information content (AvgIpc) is 2.87. The number of methoxy groups -OCH3 is 1. The van der Waals surface area contributed by atoms with Crippen LogP contribution in [0.3, 0.4) is 0 Å². The Hall–Kier alpha value is -2.36. The third-order valence-corrected chi connectivity index (χ3v) is 4.61. The summed E-state index contributed by atoms with van der Waals surface area (Å²) in [6.45, 7) is 8.17. The summed E-state index contributed by atoms with van der Waals surface area (Å²) in [4.78, 5) is 12.1. The Bertz CT molecular complexity index is 820. The zero-order valence-electron chi connectivity index (χ0n) is 15.3. The van der Waals surface area contributed by atoms with E-state index in [1.165, 1.54) is 12.1 Å². The van der Waals surface area contributed by atoms with Crippen molar-refractivity contribution in [3.63, 3.8) is 0 Å². The second kappa shape index (κ2) is 6.17. The number of hydrogen-bond acceptors (Lipinski definition) is 3. The maximum absolute atomic E-state index is 13.4. The number of fused-ring (bicyclic) bond motifs is 1. The zero-order chi connectivity index (χ0) is 18.4. The number of hydrogen-bond donors (Lipinski definition) is 0. The number of rotatable bonds is 4. The highest BCUT2D eigenvalue weighted by molar-refractivity contribution is 5.95. The van der Waals surface area contributed by atoms with Gasteiger partial charge >= 0.3 is 0 Å². The first-order valence-corrected chi connectivity index (χ1v) is 8.46. The van der Waals surface area contributed by atoms with Crippen molar-refractivity contribution in [1.29, 1.82) is 0 Å². The molecular formula is C21H23FO3. The number of aldehydes is 1. The molecule has 0 spiro atoms. The van der Waals surface area contributed by atoms with E-state index in [4.69, 9.17) is 9.47 Å². The molecule has 0 aliphatic carbocycles. The Labute approximate surface area is 147 Å². The third kappa shape index (κ3) is 2.90. The molecule has 132 valence electrons. The lowest BCUT2D eigenvalue weighted by Crippen LogP contribution is -2.25. The molecule has 0 bridgehead atoms. The molecule has 0 aromatic heterocycles. The zero-order valence-corrected chi connectivity index (χ0v) is 15.3. The van der Waals surface area contributed by atoms with Crippen LogP contribution in [0.1, 0.15) is 55.1 Å². The van der Waals surface area contributed by atoms with Gasteiger partial charge in [-0.25, -0.2) is 4.39 Å². The molecular weight excluding hydrogens is 319 g/mol. The first-order valence-electron chi connectivity index (χ1n) is 8.46. The van der Waals surface area contributed by atoms with Gasteiger partial charge in [0.1, 0.15) is 11.4 Å². The van der Waals surface area contributed by atoms with E-state index >= 15 is 0 Å². The normalized spacial score (nSPS) is 15.0. The van der Waals surface area contributed by atoms with Crippen molar-refractivity contribution in [2.24, 2.45) is 0 Å². The lowest BCUT2D eigenvalue weighted by Gasteiger charge is -2.22. The van der Waals surface area contributed by atoms with Gasteiger partial charge in [0.05, 0.1) is 7.11 Å². The van der Waals surface area contributed by atoms with Crippen LogP contribution >= 0.6 is 0 Å². The van der Waals surface area contributed by atoms with Gasteiger partial charge in [-0.1, -0.05) is 26.0 Å². The maximum Gasteiger partial charge on any atom is 0.169 e. The van der Waals surface area contributed by atoms with Crippen molar-refractivity contribution < 1.29 is 18.7 Å². The highest BCUT2D eigenvalue weighted by atomic mass is 19.1. The van der Waals surface area contributed by atoms with E-state index in [0.717, 1.165) is 29.4 Å². The van der Waals surface area contributed by atoms with E-state index in [9.17, 15) is 9.18 Å². The summed E-state index contributed by atoms with van der Waals surface area (Å²) in [7, 11) is 1.57. The molecule has 0 unspecified atom stereocenters. The largest absolute Gasteiger partial charge is 0.492 e. The molecule has 0 amide bonds. The lowest BCUT2D eigenvalue weighted by molar-refractivity contribution is 0.112. The summed E-state index contributed by atoms with van der Waals surface area (Å²) < 4.78 is 25.2. The number of carbonyl (C=O) groups is 1. The van der Waals surface area contributed by atoms with Gasteiger partial charge in [-0.3, -0.25) is 4.79 Å². The van der Waals surface area contributed by atoms with E-state index in [2.05, 4.69) is 13.8 Å². The fourth-order valence-electron chi connectivity index (χ4n) is 3.69. The molecule has 3 nitrogen and oxygen atoms in total. The van der Waals surface area contributed by atoms with Crippen LogP contribution in [0.5, 0.6) is 11.5 Å². The Morgan fingerprint density at radius 3 is 2.40 bits per heavy atom. The van der Waals surface area contributed by atoms with Crippen LogP contribution in [0.15, 0.2) is 24.3 Å². The van der Waals surface area contributed by atoms with Gasteiger partial charge < -0.3 is 9.47 Å². The van der Waals surface area contributed by atoms with Crippen molar-refractivity contribution in [2.75, 3.05) is 7.11 Å². The van der Waals surface area contributed by atoms with Gasteiger partial charge in [0.15, 0.2) is 17.8 Å². The van der Waals surface area contributed by atoms with Crippen LogP contribution in [0.2, 0.25) is 0 Å². The fraction of sp³-hybridized carbons (Fsp3) is 0.381. The van der Waals surface area contributed by atoms with Crippen molar-refractivity contribution in [2.45, 2.75) is 45.6 Å². The quantitative estimate of drug-likeness (QED) is 0.721. The van der Waals surface area contributed by atoms with Crippen LogP contribution in [0.25, 0.3) is 11.1 Å². The van der Waals surface area contributed by atoms with E-state index in [1.54, 1.807) is 19.2 Å². The molecule has 4 heteroatoms. The van der Waals surface area contributed by atoms with Gasteiger partial charge in [-0.05, 0) is 43.0 Å².